The van der Waals surface area contributed by atoms with Crippen LogP contribution in [-0.4, -0.2) is 60.5 Å². The Balaban J connectivity index is 1.97. The second kappa shape index (κ2) is 8.54. The minimum Gasteiger partial charge on any atom is -0.497 e. The lowest BCUT2D eigenvalue weighted by atomic mass is 10.1. The first-order valence-corrected chi connectivity index (χ1v) is 11.4. The van der Waals surface area contributed by atoms with Crippen molar-refractivity contribution in [1.82, 2.24) is 15.1 Å². The summed E-state index contributed by atoms with van der Waals surface area (Å²) < 4.78 is 30.8. The van der Waals surface area contributed by atoms with Gasteiger partial charge < -0.3 is 15.2 Å². The Morgan fingerprint density at radius 2 is 2.03 bits per heavy atom. The number of benzene rings is 1. The topological polar surface area (TPSA) is 111 Å². The SMILES string of the molecule is COc1ccc(-c2cc(C(=O)NC(CO)C(C)C)nn2C2CCS(=O)(=O)C2)cc1. The molecule has 1 aromatic heterocycles. The van der Waals surface area contributed by atoms with E-state index in [9.17, 15) is 18.3 Å². The lowest BCUT2D eigenvalue weighted by molar-refractivity contribution is 0.0890. The molecule has 1 aliphatic rings. The molecule has 2 atom stereocenters. The molecular weight excluding hydrogens is 394 g/mol. The Kier molecular flexibility index (Phi) is 6.28. The van der Waals surface area contributed by atoms with E-state index in [1.165, 1.54) is 0 Å². The zero-order chi connectivity index (χ0) is 21.2. The fraction of sp³-hybridized carbons (Fsp3) is 0.500. The van der Waals surface area contributed by atoms with Gasteiger partial charge in [-0.2, -0.15) is 5.10 Å². The summed E-state index contributed by atoms with van der Waals surface area (Å²) in [6, 6.07) is 8.26. The number of amides is 1. The van der Waals surface area contributed by atoms with Crippen molar-refractivity contribution in [3.63, 3.8) is 0 Å². The number of hydrogen-bond donors (Lipinski definition) is 2. The van der Waals surface area contributed by atoms with E-state index >= 15 is 0 Å². The fourth-order valence-electron chi connectivity index (χ4n) is 3.39. The summed E-state index contributed by atoms with van der Waals surface area (Å²) in [7, 11) is -1.53. The number of sulfone groups is 1. The molecule has 2 aromatic rings. The number of aliphatic hydroxyl groups is 1. The zero-order valence-corrected chi connectivity index (χ0v) is 17.6. The van der Waals surface area contributed by atoms with Crippen LogP contribution in [0.1, 0.15) is 36.8 Å². The summed E-state index contributed by atoms with van der Waals surface area (Å²) >= 11 is 0. The maximum atomic E-state index is 12.7. The van der Waals surface area contributed by atoms with Gasteiger partial charge in [0.1, 0.15) is 5.75 Å². The summed E-state index contributed by atoms with van der Waals surface area (Å²) in [6.45, 7) is 3.65. The van der Waals surface area contributed by atoms with E-state index in [0.717, 1.165) is 5.56 Å². The number of aromatic nitrogens is 2. The number of ether oxygens (including phenoxy) is 1. The van der Waals surface area contributed by atoms with Crippen LogP contribution in [-0.2, 0) is 9.84 Å². The van der Waals surface area contributed by atoms with Crippen LogP contribution >= 0.6 is 0 Å². The van der Waals surface area contributed by atoms with Crippen molar-refractivity contribution >= 4 is 15.7 Å². The first kappa shape index (κ1) is 21.3. The van der Waals surface area contributed by atoms with Crippen molar-refractivity contribution in [3.05, 3.63) is 36.0 Å². The highest BCUT2D eigenvalue weighted by atomic mass is 32.2. The Morgan fingerprint density at radius 1 is 1.34 bits per heavy atom. The number of carbonyl (C=O) groups is 1. The second-order valence-electron chi connectivity index (χ2n) is 7.65. The smallest absolute Gasteiger partial charge is 0.272 e. The van der Waals surface area contributed by atoms with E-state index in [1.807, 2.05) is 26.0 Å². The molecule has 0 radical (unpaired) electrons. The lowest BCUT2D eigenvalue weighted by Gasteiger charge is -2.19. The third kappa shape index (κ3) is 4.79. The molecule has 29 heavy (non-hydrogen) atoms. The van der Waals surface area contributed by atoms with Crippen molar-refractivity contribution in [1.29, 1.82) is 0 Å². The number of methoxy groups -OCH3 is 1. The van der Waals surface area contributed by atoms with Crippen LogP contribution in [0, 0.1) is 5.92 Å². The fourth-order valence-corrected chi connectivity index (χ4v) is 5.09. The van der Waals surface area contributed by atoms with Gasteiger partial charge in [-0.1, -0.05) is 13.8 Å². The molecule has 2 heterocycles. The Morgan fingerprint density at radius 3 is 2.55 bits per heavy atom. The summed E-state index contributed by atoms with van der Waals surface area (Å²) in [5, 5.41) is 16.7. The van der Waals surface area contributed by atoms with Crippen LogP contribution < -0.4 is 10.1 Å². The summed E-state index contributed by atoms with van der Waals surface area (Å²) in [5.74, 6) is 0.480. The maximum absolute atomic E-state index is 12.7. The second-order valence-corrected chi connectivity index (χ2v) is 9.88. The largest absolute Gasteiger partial charge is 0.497 e. The van der Waals surface area contributed by atoms with Crippen molar-refractivity contribution < 1.29 is 23.1 Å². The Hall–Kier alpha value is -2.39. The van der Waals surface area contributed by atoms with E-state index in [4.69, 9.17) is 4.74 Å². The summed E-state index contributed by atoms with van der Waals surface area (Å²) in [5.41, 5.74) is 1.67. The van der Waals surface area contributed by atoms with Gasteiger partial charge in [0.05, 0.1) is 43.0 Å². The van der Waals surface area contributed by atoms with E-state index in [1.54, 1.807) is 30.0 Å². The van der Waals surface area contributed by atoms with E-state index in [-0.39, 0.29) is 41.8 Å². The van der Waals surface area contributed by atoms with Crippen LogP contribution in [0.15, 0.2) is 30.3 Å². The van der Waals surface area contributed by atoms with E-state index < -0.39 is 15.7 Å². The molecule has 1 saturated heterocycles. The average Bonchev–Trinajstić information content (AvgIpc) is 3.29. The van der Waals surface area contributed by atoms with Gasteiger partial charge in [-0.15, -0.1) is 0 Å². The molecular formula is C20H27N3O5S. The summed E-state index contributed by atoms with van der Waals surface area (Å²) in [4.78, 5) is 12.7. The van der Waals surface area contributed by atoms with Crippen molar-refractivity contribution in [2.45, 2.75) is 32.4 Å². The predicted molar refractivity (Wildman–Crippen MR) is 110 cm³/mol. The van der Waals surface area contributed by atoms with Crippen molar-refractivity contribution in [3.8, 4) is 17.0 Å². The van der Waals surface area contributed by atoms with E-state index in [2.05, 4.69) is 10.4 Å². The molecule has 1 aromatic carbocycles. The van der Waals surface area contributed by atoms with Gasteiger partial charge in [0.15, 0.2) is 15.5 Å². The molecule has 1 amide bonds. The minimum absolute atomic E-state index is 0.00412. The molecule has 3 rings (SSSR count). The lowest BCUT2D eigenvalue weighted by Crippen LogP contribution is -2.41. The van der Waals surface area contributed by atoms with E-state index in [0.29, 0.717) is 17.9 Å². The van der Waals surface area contributed by atoms with Crippen LogP contribution in [0.2, 0.25) is 0 Å². The van der Waals surface area contributed by atoms with Gasteiger partial charge >= 0.3 is 0 Å². The highest BCUT2D eigenvalue weighted by Gasteiger charge is 2.32. The van der Waals surface area contributed by atoms with Gasteiger partial charge in [-0.3, -0.25) is 9.48 Å². The Labute approximate surface area is 170 Å². The predicted octanol–water partition coefficient (Wildman–Crippen LogP) is 1.66. The number of aliphatic hydroxyl groups excluding tert-OH is 1. The molecule has 8 nitrogen and oxygen atoms in total. The third-order valence-electron chi connectivity index (χ3n) is 5.23. The van der Waals surface area contributed by atoms with Crippen LogP contribution in [0.4, 0.5) is 0 Å². The van der Waals surface area contributed by atoms with Gasteiger partial charge in [-0.25, -0.2) is 8.42 Å². The third-order valence-corrected chi connectivity index (χ3v) is 6.98. The van der Waals surface area contributed by atoms with Crippen LogP contribution in [0.3, 0.4) is 0 Å². The van der Waals surface area contributed by atoms with Gasteiger partial charge in [0.25, 0.3) is 5.91 Å². The maximum Gasteiger partial charge on any atom is 0.272 e. The zero-order valence-electron chi connectivity index (χ0n) is 16.8. The Bertz CT molecular complexity index is 967. The molecule has 0 bridgehead atoms. The molecule has 2 N–H and O–H groups in total. The monoisotopic (exact) mass is 421 g/mol. The summed E-state index contributed by atoms with van der Waals surface area (Å²) in [6.07, 6.45) is 0.458. The number of nitrogens with one attached hydrogen (secondary N) is 1. The number of hydrogen-bond acceptors (Lipinski definition) is 6. The molecule has 9 heteroatoms. The van der Waals surface area contributed by atoms with Crippen LogP contribution in [0.5, 0.6) is 5.75 Å². The first-order valence-electron chi connectivity index (χ1n) is 9.60. The number of carbonyl (C=O) groups excluding carboxylic acids is 1. The minimum atomic E-state index is -3.11. The molecule has 158 valence electrons. The molecule has 2 unspecified atom stereocenters. The quantitative estimate of drug-likeness (QED) is 0.704. The first-order chi connectivity index (χ1) is 13.7. The number of rotatable bonds is 7. The van der Waals surface area contributed by atoms with Gasteiger partial charge in [0, 0.05) is 5.56 Å². The van der Waals surface area contributed by atoms with Gasteiger partial charge in [-0.05, 0) is 42.7 Å². The van der Waals surface area contributed by atoms with Crippen molar-refractivity contribution in [2.24, 2.45) is 5.92 Å². The highest BCUT2D eigenvalue weighted by molar-refractivity contribution is 7.91. The van der Waals surface area contributed by atoms with Gasteiger partial charge in [0.2, 0.25) is 0 Å². The molecule has 0 saturated carbocycles. The molecule has 0 spiro atoms. The highest BCUT2D eigenvalue weighted by Crippen LogP contribution is 2.31. The number of nitrogens with zero attached hydrogens (tertiary/aromatic N) is 2. The molecule has 0 aliphatic carbocycles. The molecule has 1 fully saturated rings. The standard InChI is InChI=1S/C20H27N3O5S/c1-13(2)18(11-24)21-20(25)17-10-19(14-4-6-16(28-3)7-5-14)23(22-17)15-8-9-29(26,27)12-15/h4-7,10,13,15,18,24H,8-9,11-12H2,1-3H3,(H,21,25). The molecule has 1 aliphatic heterocycles. The van der Waals surface area contributed by atoms with Crippen LogP contribution in [0.25, 0.3) is 11.3 Å². The average molecular weight is 422 g/mol. The normalized spacial score (nSPS) is 19.3. The van der Waals surface area contributed by atoms with Crippen molar-refractivity contribution in [2.75, 3.05) is 25.2 Å².